The summed E-state index contributed by atoms with van der Waals surface area (Å²) >= 11 is 3.31. The number of rotatable bonds is 7. The number of nitrogens with one attached hydrogen (secondary N) is 1. The molecule has 2 aromatic rings. The predicted octanol–water partition coefficient (Wildman–Crippen LogP) is 2.56. The SMILES string of the molecule is COc1ccccc1N1CCN(CCNS(=O)(=O)c2ccc(Br)cc2)CC1. The fourth-order valence-electron chi connectivity index (χ4n) is 3.14. The van der Waals surface area contributed by atoms with E-state index in [0.29, 0.717) is 13.1 Å². The van der Waals surface area contributed by atoms with Crippen molar-refractivity contribution < 1.29 is 13.2 Å². The Morgan fingerprint density at radius 2 is 1.70 bits per heavy atom. The number of piperazine rings is 1. The van der Waals surface area contributed by atoms with Crippen molar-refractivity contribution in [1.29, 1.82) is 0 Å². The summed E-state index contributed by atoms with van der Waals surface area (Å²) in [5.74, 6) is 0.883. The molecule has 2 aromatic carbocycles. The molecule has 0 atom stereocenters. The molecule has 0 unspecified atom stereocenters. The van der Waals surface area contributed by atoms with Crippen molar-refractivity contribution in [3.8, 4) is 5.75 Å². The number of sulfonamides is 1. The van der Waals surface area contributed by atoms with E-state index in [0.717, 1.165) is 42.1 Å². The lowest BCUT2D eigenvalue weighted by atomic mass is 10.2. The van der Waals surface area contributed by atoms with Crippen molar-refractivity contribution in [2.75, 3.05) is 51.3 Å². The zero-order valence-corrected chi connectivity index (χ0v) is 17.7. The molecule has 0 amide bonds. The summed E-state index contributed by atoms with van der Waals surface area (Å²) in [6.07, 6.45) is 0. The van der Waals surface area contributed by atoms with Gasteiger partial charge in [0.15, 0.2) is 0 Å². The standard InChI is InChI=1S/C19H24BrN3O3S/c1-26-19-5-3-2-4-18(19)23-14-12-22(13-15-23)11-10-21-27(24,25)17-8-6-16(20)7-9-17/h2-9,21H,10-15H2,1H3. The largest absolute Gasteiger partial charge is 0.495 e. The molecule has 0 radical (unpaired) electrons. The van der Waals surface area contributed by atoms with Crippen molar-refractivity contribution in [2.45, 2.75) is 4.90 Å². The molecule has 0 spiro atoms. The third-order valence-corrected chi connectivity index (χ3v) is 6.65. The molecule has 1 fully saturated rings. The molecule has 0 aliphatic carbocycles. The van der Waals surface area contributed by atoms with Gasteiger partial charge in [-0.05, 0) is 36.4 Å². The van der Waals surface area contributed by atoms with Gasteiger partial charge in [0.2, 0.25) is 10.0 Å². The fourth-order valence-corrected chi connectivity index (χ4v) is 4.42. The monoisotopic (exact) mass is 453 g/mol. The normalized spacial score (nSPS) is 15.7. The number of halogens is 1. The van der Waals surface area contributed by atoms with Gasteiger partial charge in [-0.3, -0.25) is 4.90 Å². The second-order valence-corrected chi connectivity index (χ2v) is 9.03. The van der Waals surface area contributed by atoms with Crippen LogP contribution in [0.1, 0.15) is 0 Å². The minimum atomic E-state index is -3.47. The predicted molar refractivity (Wildman–Crippen MR) is 111 cm³/mol. The smallest absolute Gasteiger partial charge is 0.240 e. The lowest BCUT2D eigenvalue weighted by Crippen LogP contribution is -2.48. The van der Waals surface area contributed by atoms with E-state index < -0.39 is 10.0 Å². The van der Waals surface area contributed by atoms with E-state index in [-0.39, 0.29) is 4.90 Å². The summed E-state index contributed by atoms with van der Waals surface area (Å²) < 4.78 is 33.6. The third kappa shape index (κ3) is 5.22. The molecule has 0 saturated carbocycles. The van der Waals surface area contributed by atoms with Crippen molar-refractivity contribution in [1.82, 2.24) is 9.62 Å². The summed E-state index contributed by atoms with van der Waals surface area (Å²) in [6.45, 7) is 4.64. The Bertz CT molecular complexity index is 851. The van der Waals surface area contributed by atoms with E-state index in [1.165, 1.54) is 0 Å². The van der Waals surface area contributed by atoms with Crippen LogP contribution in [0, 0.1) is 0 Å². The molecule has 1 aliphatic heterocycles. The van der Waals surface area contributed by atoms with Crippen molar-refractivity contribution in [2.24, 2.45) is 0 Å². The van der Waals surface area contributed by atoms with Gasteiger partial charge in [0, 0.05) is 43.7 Å². The Morgan fingerprint density at radius 3 is 2.37 bits per heavy atom. The average Bonchev–Trinajstić information content (AvgIpc) is 2.69. The van der Waals surface area contributed by atoms with Crippen molar-refractivity contribution >= 4 is 31.6 Å². The van der Waals surface area contributed by atoms with Crippen LogP contribution in [0.3, 0.4) is 0 Å². The summed E-state index contributed by atoms with van der Waals surface area (Å²) in [6, 6.07) is 14.7. The van der Waals surface area contributed by atoms with Crippen LogP contribution in [0.25, 0.3) is 0 Å². The van der Waals surface area contributed by atoms with Gasteiger partial charge in [0.1, 0.15) is 5.75 Å². The van der Waals surface area contributed by atoms with Crippen LogP contribution in [-0.2, 0) is 10.0 Å². The average molecular weight is 454 g/mol. The molecule has 6 nitrogen and oxygen atoms in total. The highest BCUT2D eigenvalue weighted by molar-refractivity contribution is 9.10. The number of hydrogen-bond donors (Lipinski definition) is 1. The number of hydrogen-bond acceptors (Lipinski definition) is 5. The van der Waals surface area contributed by atoms with Crippen LogP contribution in [-0.4, -0.2) is 59.7 Å². The van der Waals surface area contributed by atoms with E-state index in [4.69, 9.17) is 4.74 Å². The summed E-state index contributed by atoms with van der Waals surface area (Å²) in [7, 11) is -1.78. The highest BCUT2D eigenvalue weighted by Gasteiger charge is 2.20. The second kappa shape index (κ2) is 9.05. The second-order valence-electron chi connectivity index (χ2n) is 6.35. The molecule has 146 valence electrons. The maximum absolute atomic E-state index is 12.3. The molecule has 1 saturated heterocycles. The van der Waals surface area contributed by atoms with Gasteiger partial charge in [0.25, 0.3) is 0 Å². The Morgan fingerprint density at radius 1 is 1.04 bits per heavy atom. The zero-order valence-electron chi connectivity index (χ0n) is 15.3. The van der Waals surface area contributed by atoms with Gasteiger partial charge in [-0.2, -0.15) is 0 Å². The van der Waals surface area contributed by atoms with E-state index in [1.54, 1.807) is 31.4 Å². The van der Waals surface area contributed by atoms with E-state index in [9.17, 15) is 8.42 Å². The third-order valence-electron chi connectivity index (χ3n) is 4.64. The van der Waals surface area contributed by atoms with Gasteiger partial charge in [-0.1, -0.05) is 28.1 Å². The first kappa shape index (κ1) is 20.1. The molecular weight excluding hydrogens is 430 g/mol. The number of anilines is 1. The summed E-state index contributed by atoms with van der Waals surface area (Å²) in [5.41, 5.74) is 1.11. The number of nitrogens with zero attached hydrogens (tertiary/aromatic N) is 2. The zero-order chi connectivity index (χ0) is 19.3. The molecule has 1 heterocycles. The minimum Gasteiger partial charge on any atom is -0.495 e. The fraction of sp³-hybridized carbons (Fsp3) is 0.368. The summed E-state index contributed by atoms with van der Waals surface area (Å²) in [4.78, 5) is 4.86. The molecule has 0 aromatic heterocycles. The van der Waals surface area contributed by atoms with Gasteiger partial charge >= 0.3 is 0 Å². The Labute approximate surface area is 169 Å². The van der Waals surface area contributed by atoms with Crippen LogP contribution in [0.2, 0.25) is 0 Å². The highest BCUT2D eigenvalue weighted by Crippen LogP contribution is 2.28. The maximum atomic E-state index is 12.3. The molecule has 1 N–H and O–H groups in total. The number of methoxy groups -OCH3 is 1. The quantitative estimate of drug-likeness (QED) is 0.697. The molecular formula is C19H24BrN3O3S. The number of benzene rings is 2. The molecule has 3 rings (SSSR count). The van der Waals surface area contributed by atoms with Gasteiger partial charge in [-0.15, -0.1) is 0 Å². The van der Waals surface area contributed by atoms with Crippen molar-refractivity contribution in [3.05, 3.63) is 53.0 Å². The van der Waals surface area contributed by atoms with Crippen LogP contribution in [0.5, 0.6) is 5.75 Å². The van der Waals surface area contributed by atoms with E-state index >= 15 is 0 Å². The molecule has 0 bridgehead atoms. The van der Waals surface area contributed by atoms with Crippen LogP contribution in [0.15, 0.2) is 57.9 Å². The lowest BCUT2D eigenvalue weighted by Gasteiger charge is -2.36. The highest BCUT2D eigenvalue weighted by atomic mass is 79.9. The molecule has 1 aliphatic rings. The van der Waals surface area contributed by atoms with Crippen LogP contribution >= 0.6 is 15.9 Å². The molecule has 8 heteroatoms. The Balaban J connectivity index is 1.48. The topological polar surface area (TPSA) is 61.9 Å². The minimum absolute atomic E-state index is 0.284. The van der Waals surface area contributed by atoms with E-state index in [2.05, 4.69) is 36.5 Å². The Hall–Kier alpha value is -1.61. The lowest BCUT2D eigenvalue weighted by molar-refractivity contribution is 0.261. The van der Waals surface area contributed by atoms with E-state index in [1.807, 2.05) is 18.2 Å². The molecule has 27 heavy (non-hydrogen) atoms. The van der Waals surface area contributed by atoms with Crippen LogP contribution < -0.4 is 14.4 Å². The Kier molecular flexibility index (Phi) is 6.75. The first-order valence-electron chi connectivity index (χ1n) is 8.85. The van der Waals surface area contributed by atoms with Gasteiger partial charge < -0.3 is 9.64 Å². The summed E-state index contributed by atoms with van der Waals surface area (Å²) in [5, 5.41) is 0. The number of ether oxygens (including phenoxy) is 1. The first-order chi connectivity index (χ1) is 13.0. The van der Waals surface area contributed by atoms with Crippen LogP contribution in [0.4, 0.5) is 5.69 Å². The first-order valence-corrected chi connectivity index (χ1v) is 11.1. The van der Waals surface area contributed by atoms with Gasteiger partial charge in [0.05, 0.1) is 17.7 Å². The van der Waals surface area contributed by atoms with Gasteiger partial charge in [-0.25, -0.2) is 13.1 Å². The number of para-hydroxylation sites is 2. The maximum Gasteiger partial charge on any atom is 0.240 e. The van der Waals surface area contributed by atoms with Crippen molar-refractivity contribution in [3.63, 3.8) is 0 Å².